The summed E-state index contributed by atoms with van der Waals surface area (Å²) in [6.45, 7) is 3.68. The van der Waals surface area contributed by atoms with E-state index >= 15 is 0 Å². The molecule has 1 unspecified atom stereocenters. The summed E-state index contributed by atoms with van der Waals surface area (Å²) in [6, 6.07) is 14.1. The van der Waals surface area contributed by atoms with Crippen molar-refractivity contribution in [3.8, 4) is 0 Å². The minimum Gasteiger partial charge on any atom is -0.365 e. The van der Waals surface area contributed by atoms with Crippen LogP contribution in [0.3, 0.4) is 0 Å². The summed E-state index contributed by atoms with van der Waals surface area (Å²) in [6.07, 6.45) is 7.51. The molecule has 1 spiro atoms. The van der Waals surface area contributed by atoms with E-state index in [4.69, 9.17) is 22.1 Å². The molecule has 1 aromatic carbocycles. The average Bonchev–Trinajstić information content (AvgIpc) is 3.14. The number of ether oxygens (including phenoxy) is 1. The third-order valence-electron chi connectivity index (χ3n) is 6.38. The maximum atomic E-state index is 6.37. The molecule has 1 fully saturated rings. The number of hydrogen-bond donors (Lipinski definition) is 1. The number of benzene rings is 1. The molecule has 2 aliphatic heterocycles. The van der Waals surface area contributed by atoms with Gasteiger partial charge in [0.1, 0.15) is 0 Å². The van der Waals surface area contributed by atoms with Crippen LogP contribution in [-0.2, 0) is 23.5 Å². The standard InChI is InChI=1S/C24H25ClN4O/c25-20-5-6-22(28-13-20)23(26)18-3-1-17(2-4-18)15-29-11-8-24(9-12-29)21-14-27-10-7-19(21)16-30-24/h1-7,10,13-14,23H,8-9,11-12,15-16,26H2. The summed E-state index contributed by atoms with van der Waals surface area (Å²) < 4.78 is 6.25. The Morgan fingerprint density at radius 2 is 1.87 bits per heavy atom. The van der Waals surface area contributed by atoms with Crippen molar-refractivity contribution in [3.05, 3.63) is 94.0 Å². The lowest BCUT2D eigenvalue weighted by Gasteiger charge is -2.39. The van der Waals surface area contributed by atoms with Crippen LogP contribution in [0.1, 0.15) is 46.8 Å². The Balaban J connectivity index is 1.21. The fourth-order valence-electron chi connectivity index (χ4n) is 4.57. The number of piperidine rings is 1. The minimum absolute atomic E-state index is 0.137. The van der Waals surface area contributed by atoms with Crippen LogP contribution < -0.4 is 5.73 Å². The molecule has 0 radical (unpaired) electrons. The summed E-state index contributed by atoms with van der Waals surface area (Å²) >= 11 is 5.92. The van der Waals surface area contributed by atoms with Crippen LogP contribution in [0.2, 0.25) is 5.02 Å². The molecule has 0 aliphatic carbocycles. The van der Waals surface area contributed by atoms with Gasteiger partial charge in [0.15, 0.2) is 0 Å². The molecule has 5 nitrogen and oxygen atoms in total. The second-order valence-corrected chi connectivity index (χ2v) is 8.65. The van der Waals surface area contributed by atoms with Crippen LogP contribution in [0, 0.1) is 0 Å². The first-order chi connectivity index (χ1) is 14.6. The van der Waals surface area contributed by atoms with Gasteiger partial charge in [0.2, 0.25) is 0 Å². The molecule has 5 rings (SSSR count). The fourth-order valence-corrected chi connectivity index (χ4v) is 4.68. The maximum absolute atomic E-state index is 6.37. The Labute approximate surface area is 181 Å². The Kier molecular flexibility index (Phi) is 5.29. The van der Waals surface area contributed by atoms with Gasteiger partial charge in [0.05, 0.1) is 29.0 Å². The van der Waals surface area contributed by atoms with Crippen molar-refractivity contribution < 1.29 is 4.74 Å². The number of fused-ring (bicyclic) bond motifs is 2. The van der Waals surface area contributed by atoms with Crippen molar-refractivity contribution >= 4 is 11.6 Å². The number of aromatic nitrogens is 2. The molecular weight excluding hydrogens is 396 g/mol. The zero-order chi connectivity index (χ0) is 20.6. The van der Waals surface area contributed by atoms with Crippen LogP contribution in [0.4, 0.5) is 0 Å². The molecular formula is C24H25ClN4O. The second-order valence-electron chi connectivity index (χ2n) is 8.21. The van der Waals surface area contributed by atoms with Crippen LogP contribution in [0.5, 0.6) is 0 Å². The Bertz CT molecular complexity index is 1010. The van der Waals surface area contributed by atoms with E-state index in [0.717, 1.165) is 43.7 Å². The number of nitrogens with zero attached hydrogens (tertiary/aromatic N) is 3. The SMILES string of the molecule is NC(c1ccc(CN2CCC3(CC2)OCc2ccncc23)cc1)c1ccc(Cl)cn1. The van der Waals surface area contributed by atoms with Crippen molar-refractivity contribution in [3.63, 3.8) is 0 Å². The van der Waals surface area contributed by atoms with E-state index in [-0.39, 0.29) is 11.6 Å². The number of nitrogens with two attached hydrogens (primary N) is 1. The zero-order valence-corrected chi connectivity index (χ0v) is 17.6. The van der Waals surface area contributed by atoms with E-state index in [0.29, 0.717) is 11.6 Å². The van der Waals surface area contributed by atoms with Crippen molar-refractivity contribution in [1.82, 2.24) is 14.9 Å². The second kappa shape index (κ2) is 8.08. The molecule has 2 N–H and O–H groups in total. The molecule has 6 heteroatoms. The van der Waals surface area contributed by atoms with E-state index < -0.39 is 0 Å². The van der Waals surface area contributed by atoms with Crippen LogP contribution in [0.15, 0.2) is 61.1 Å². The van der Waals surface area contributed by atoms with E-state index in [2.05, 4.69) is 45.2 Å². The van der Waals surface area contributed by atoms with Crippen molar-refractivity contribution in [2.45, 2.75) is 37.6 Å². The zero-order valence-electron chi connectivity index (χ0n) is 16.8. The molecule has 1 saturated heterocycles. The average molecular weight is 421 g/mol. The summed E-state index contributed by atoms with van der Waals surface area (Å²) in [7, 11) is 0. The number of halogens is 1. The summed E-state index contributed by atoms with van der Waals surface area (Å²) in [5.74, 6) is 0. The quantitative estimate of drug-likeness (QED) is 0.685. The highest BCUT2D eigenvalue weighted by atomic mass is 35.5. The number of hydrogen-bond acceptors (Lipinski definition) is 5. The third-order valence-corrected chi connectivity index (χ3v) is 6.61. The normalized spacial score (nSPS) is 19.0. The predicted octanol–water partition coefficient (Wildman–Crippen LogP) is 4.20. The van der Waals surface area contributed by atoms with Gasteiger partial charge in [-0.25, -0.2) is 0 Å². The van der Waals surface area contributed by atoms with Gasteiger partial charge >= 0.3 is 0 Å². The predicted molar refractivity (Wildman–Crippen MR) is 117 cm³/mol. The molecule has 0 saturated carbocycles. The molecule has 154 valence electrons. The summed E-state index contributed by atoms with van der Waals surface area (Å²) in [5.41, 5.74) is 12.0. The molecule has 0 amide bonds. The lowest BCUT2D eigenvalue weighted by molar-refractivity contribution is -0.0800. The van der Waals surface area contributed by atoms with Crippen molar-refractivity contribution in [1.29, 1.82) is 0 Å². The highest BCUT2D eigenvalue weighted by Crippen LogP contribution is 2.43. The number of rotatable bonds is 4. The Morgan fingerprint density at radius 1 is 1.07 bits per heavy atom. The first-order valence-electron chi connectivity index (χ1n) is 10.4. The van der Waals surface area contributed by atoms with E-state index in [1.165, 1.54) is 16.7 Å². The topological polar surface area (TPSA) is 64.3 Å². The van der Waals surface area contributed by atoms with Crippen LogP contribution in [0.25, 0.3) is 0 Å². The van der Waals surface area contributed by atoms with Gasteiger partial charge < -0.3 is 10.5 Å². The van der Waals surface area contributed by atoms with Gasteiger partial charge in [0, 0.05) is 43.8 Å². The highest BCUT2D eigenvalue weighted by Gasteiger charge is 2.42. The number of pyridine rings is 2. The number of likely N-dealkylation sites (tertiary alicyclic amines) is 1. The Morgan fingerprint density at radius 3 is 2.60 bits per heavy atom. The van der Waals surface area contributed by atoms with Crippen LogP contribution >= 0.6 is 11.6 Å². The van der Waals surface area contributed by atoms with Gasteiger partial charge in [-0.2, -0.15) is 0 Å². The molecule has 2 aliphatic rings. The highest BCUT2D eigenvalue weighted by molar-refractivity contribution is 6.30. The van der Waals surface area contributed by atoms with Crippen molar-refractivity contribution in [2.75, 3.05) is 13.1 Å². The first kappa shape index (κ1) is 19.6. The van der Waals surface area contributed by atoms with E-state index in [1.807, 2.05) is 24.5 Å². The molecule has 1 atom stereocenters. The molecule has 0 bridgehead atoms. The summed E-state index contributed by atoms with van der Waals surface area (Å²) in [4.78, 5) is 11.2. The molecule has 3 aromatic rings. The van der Waals surface area contributed by atoms with Gasteiger partial charge in [-0.05, 0) is 47.7 Å². The van der Waals surface area contributed by atoms with E-state index in [9.17, 15) is 0 Å². The van der Waals surface area contributed by atoms with Gasteiger partial charge in [-0.1, -0.05) is 35.9 Å². The molecule has 30 heavy (non-hydrogen) atoms. The van der Waals surface area contributed by atoms with Gasteiger partial charge in [0.25, 0.3) is 0 Å². The van der Waals surface area contributed by atoms with E-state index in [1.54, 1.807) is 6.20 Å². The Hall–Kier alpha value is -2.31. The van der Waals surface area contributed by atoms with Crippen LogP contribution in [-0.4, -0.2) is 28.0 Å². The first-order valence-corrected chi connectivity index (χ1v) is 10.8. The van der Waals surface area contributed by atoms with Gasteiger partial charge in [-0.3, -0.25) is 14.9 Å². The minimum atomic E-state index is -0.251. The molecule has 4 heterocycles. The molecule has 2 aromatic heterocycles. The largest absolute Gasteiger partial charge is 0.365 e. The maximum Gasteiger partial charge on any atom is 0.0978 e. The van der Waals surface area contributed by atoms with Gasteiger partial charge in [-0.15, -0.1) is 0 Å². The third kappa shape index (κ3) is 3.74. The smallest absolute Gasteiger partial charge is 0.0978 e. The fraction of sp³-hybridized carbons (Fsp3) is 0.333. The lowest BCUT2D eigenvalue weighted by Crippen LogP contribution is -2.42. The van der Waals surface area contributed by atoms with Crippen molar-refractivity contribution in [2.24, 2.45) is 5.73 Å². The monoisotopic (exact) mass is 420 g/mol. The summed E-state index contributed by atoms with van der Waals surface area (Å²) in [5, 5.41) is 0.618. The lowest BCUT2D eigenvalue weighted by atomic mass is 9.84.